The van der Waals surface area contributed by atoms with Crippen LogP contribution in [-0.4, -0.2) is 42.5 Å². The van der Waals surface area contributed by atoms with E-state index in [0.29, 0.717) is 43.5 Å². The zero-order chi connectivity index (χ0) is 27.1. The number of fused-ring (bicyclic) bond motifs is 1. The Labute approximate surface area is 217 Å². The Hall–Kier alpha value is -3.25. The highest BCUT2D eigenvalue weighted by molar-refractivity contribution is 7.92. The predicted octanol–water partition coefficient (Wildman–Crippen LogP) is 5.53. The monoisotopic (exact) mass is 550 g/mol. The lowest BCUT2D eigenvalue weighted by atomic mass is 9.83. The van der Waals surface area contributed by atoms with Crippen LogP contribution >= 0.6 is 0 Å². The summed E-state index contributed by atoms with van der Waals surface area (Å²) < 4.78 is 88.5. The van der Waals surface area contributed by atoms with E-state index in [-0.39, 0.29) is 29.6 Å². The predicted molar refractivity (Wildman–Crippen MR) is 132 cm³/mol. The molecule has 1 saturated heterocycles. The molecule has 1 fully saturated rings. The standard InChI is InChI=1S/C26H26F4N4O3S/c1-16-11-18(17-3-2-4-19(12-17)26(28,29)30)6-9-34(16)22-7-10-37-23-14-24(21(27)13-20(22)23)38(35,36)33-25-5-8-31-15-32-25/h2-5,8,12-16,18,22H,6-7,9-11H2,1H3,(H,31,32,33)/t16-,18-,22+/m1/s1. The van der Waals surface area contributed by atoms with Crippen molar-refractivity contribution in [3.63, 3.8) is 0 Å². The minimum atomic E-state index is -4.39. The van der Waals surface area contributed by atoms with Gasteiger partial charge in [-0.1, -0.05) is 18.2 Å². The second kappa shape index (κ2) is 10.1. The maximum atomic E-state index is 15.2. The zero-order valence-electron chi connectivity index (χ0n) is 20.5. The summed E-state index contributed by atoms with van der Waals surface area (Å²) in [4.78, 5) is 9.20. The number of halogens is 4. The summed E-state index contributed by atoms with van der Waals surface area (Å²) in [7, 11) is -4.27. The molecule has 2 aliphatic heterocycles. The lowest BCUT2D eigenvalue weighted by Crippen LogP contribution is -2.44. The van der Waals surface area contributed by atoms with Crippen LogP contribution in [-0.2, 0) is 16.2 Å². The molecule has 3 atom stereocenters. The maximum Gasteiger partial charge on any atom is 0.416 e. The van der Waals surface area contributed by atoms with E-state index >= 15 is 4.39 Å². The lowest BCUT2D eigenvalue weighted by molar-refractivity contribution is -0.137. The highest BCUT2D eigenvalue weighted by atomic mass is 32.2. The second-order valence-corrected chi connectivity index (χ2v) is 11.3. The highest BCUT2D eigenvalue weighted by Gasteiger charge is 2.37. The molecule has 1 aromatic heterocycles. The molecular formula is C26H26F4N4O3S. The van der Waals surface area contributed by atoms with E-state index in [4.69, 9.17) is 4.74 Å². The fourth-order valence-corrected chi connectivity index (χ4v) is 6.47. The van der Waals surface area contributed by atoms with Gasteiger partial charge in [0.2, 0.25) is 0 Å². The van der Waals surface area contributed by atoms with Crippen molar-refractivity contribution in [2.75, 3.05) is 17.9 Å². The SMILES string of the molecule is C[C@@H]1C[C@H](c2cccc(C(F)(F)F)c2)CCN1[C@H]1CCOc2cc(S(=O)(=O)Nc3ccncn3)c(F)cc21. The molecule has 0 amide bonds. The van der Waals surface area contributed by atoms with Gasteiger partial charge in [0.1, 0.15) is 28.6 Å². The summed E-state index contributed by atoms with van der Waals surface area (Å²) in [6, 6.07) is 9.03. The van der Waals surface area contributed by atoms with Gasteiger partial charge < -0.3 is 4.74 Å². The van der Waals surface area contributed by atoms with E-state index < -0.39 is 32.5 Å². The molecule has 7 nitrogen and oxygen atoms in total. The Kier molecular flexibility index (Phi) is 7.03. The summed E-state index contributed by atoms with van der Waals surface area (Å²) in [5.41, 5.74) is 0.564. The maximum absolute atomic E-state index is 15.2. The molecule has 38 heavy (non-hydrogen) atoms. The summed E-state index contributed by atoms with van der Waals surface area (Å²) in [6.07, 6.45) is 0.0123. The highest BCUT2D eigenvalue weighted by Crippen LogP contribution is 2.43. The number of hydrogen-bond acceptors (Lipinski definition) is 6. The molecule has 1 N–H and O–H groups in total. The van der Waals surface area contributed by atoms with E-state index in [1.165, 1.54) is 42.9 Å². The Bertz CT molecular complexity index is 1420. The van der Waals surface area contributed by atoms with Crippen molar-refractivity contribution in [2.24, 2.45) is 0 Å². The van der Waals surface area contributed by atoms with Crippen molar-refractivity contribution < 1.29 is 30.7 Å². The quantitative estimate of drug-likeness (QED) is 0.421. The number of hydrogen-bond donors (Lipinski definition) is 1. The molecule has 0 saturated carbocycles. The normalized spacial score (nSPS) is 22.4. The molecule has 202 valence electrons. The van der Waals surface area contributed by atoms with E-state index in [2.05, 4.69) is 19.6 Å². The Morgan fingerprint density at radius 1 is 1.13 bits per heavy atom. The number of benzene rings is 2. The number of anilines is 1. The van der Waals surface area contributed by atoms with Gasteiger partial charge in [0.15, 0.2) is 0 Å². The van der Waals surface area contributed by atoms with Gasteiger partial charge in [-0.05, 0) is 56.0 Å². The first-order valence-electron chi connectivity index (χ1n) is 12.2. The Morgan fingerprint density at radius 3 is 2.66 bits per heavy atom. The first kappa shape index (κ1) is 26.4. The third kappa shape index (κ3) is 5.32. The molecule has 3 aromatic rings. The average molecular weight is 551 g/mol. The number of sulfonamides is 1. The summed E-state index contributed by atoms with van der Waals surface area (Å²) in [5, 5.41) is 0. The molecule has 12 heteroatoms. The largest absolute Gasteiger partial charge is 0.493 e. The lowest BCUT2D eigenvalue weighted by Gasteiger charge is -2.44. The second-order valence-electron chi connectivity index (χ2n) is 9.60. The Morgan fingerprint density at radius 2 is 1.95 bits per heavy atom. The fourth-order valence-electron chi connectivity index (χ4n) is 5.39. The van der Waals surface area contributed by atoms with Crippen LogP contribution in [0.15, 0.2) is 59.9 Å². The van der Waals surface area contributed by atoms with Gasteiger partial charge in [-0.15, -0.1) is 0 Å². The van der Waals surface area contributed by atoms with Gasteiger partial charge in [-0.2, -0.15) is 13.2 Å². The molecule has 0 aliphatic carbocycles. The minimum absolute atomic E-state index is 0.00476. The average Bonchev–Trinajstić information content (AvgIpc) is 2.88. The molecule has 0 unspecified atom stereocenters. The fraction of sp³-hybridized carbons (Fsp3) is 0.385. The van der Waals surface area contributed by atoms with Crippen molar-refractivity contribution in [3.05, 3.63) is 77.5 Å². The van der Waals surface area contributed by atoms with Crippen LogP contribution in [0.2, 0.25) is 0 Å². The third-order valence-electron chi connectivity index (χ3n) is 7.20. The third-order valence-corrected chi connectivity index (χ3v) is 8.57. The van der Waals surface area contributed by atoms with Gasteiger partial charge in [0.05, 0.1) is 12.2 Å². The van der Waals surface area contributed by atoms with Crippen molar-refractivity contribution in [3.8, 4) is 5.75 Å². The van der Waals surface area contributed by atoms with Gasteiger partial charge in [0.25, 0.3) is 10.0 Å². The van der Waals surface area contributed by atoms with Crippen LogP contribution < -0.4 is 9.46 Å². The molecule has 3 heterocycles. The van der Waals surface area contributed by atoms with Gasteiger partial charge >= 0.3 is 6.18 Å². The first-order chi connectivity index (χ1) is 18.0. The minimum Gasteiger partial charge on any atom is -0.493 e. The van der Waals surface area contributed by atoms with Crippen LogP contribution in [0, 0.1) is 5.82 Å². The van der Waals surface area contributed by atoms with Crippen LogP contribution in [0.5, 0.6) is 5.75 Å². The molecule has 5 rings (SSSR count). The van der Waals surface area contributed by atoms with E-state index in [0.717, 1.165) is 6.07 Å². The number of ether oxygens (including phenoxy) is 1. The number of piperidine rings is 1. The number of nitrogens with zero attached hydrogens (tertiary/aromatic N) is 3. The van der Waals surface area contributed by atoms with Crippen molar-refractivity contribution in [2.45, 2.75) is 55.3 Å². The van der Waals surface area contributed by atoms with Gasteiger partial charge in [0, 0.05) is 36.3 Å². The zero-order valence-corrected chi connectivity index (χ0v) is 21.3. The number of alkyl halides is 3. The Balaban J connectivity index is 1.36. The number of nitrogens with one attached hydrogen (secondary N) is 1. The number of rotatable bonds is 5. The molecule has 2 aliphatic rings. The smallest absolute Gasteiger partial charge is 0.416 e. The van der Waals surface area contributed by atoms with Crippen LogP contribution in [0.3, 0.4) is 0 Å². The van der Waals surface area contributed by atoms with Gasteiger partial charge in [-0.25, -0.2) is 22.8 Å². The van der Waals surface area contributed by atoms with E-state index in [1.807, 2.05) is 6.92 Å². The summed E-state index contributed by atoms with van der Waals surface area (Å²) in [5.74, 6) is -0.640. The topological polar surface area (TPSA) is 84.4 Å². The van der Waals surface area contributed by atoms with E-state index in [1.54, 1.807) is 6.07 Å². The number of aromatic nitrogens is 2. The summed E-state index contributed by atoms with van der Waals surface area (Å²) in [6.45, 7) is 2.93. The number of likely N-dealkylation sites (tertiary alicyclic amines) is 1. The van der Waals surface area contributed by atoms with E-state index in [9.17, 15) is 21.6 Å². The van der Waals surface area contributed by atoms with Crippen LogP contribution in [0.25, 0.3) is 0 Å². The molecule has 0 spiro atoms. The molecule has 0 bridgehead atoms. The van der Waals surface area contributed by atoms with Crippen molar-refractivity contribution in [1.82, 2.24) is 14.9 Å². The summed E-state index contributed by atoms with van der Waals surface area (Å²) >= 11 is 0. The molecular weight excluding hydrogens is 524 g/mol. The first-order valence-corrected chi connectivity index (χ1v) is 13.7. The molecule has 0 radical (unpaired) electrons. The van der Waals surface area contributed by atoms with Crippen LogP contribution in [0.4, 0.5) is 23.4 Å². The van der Waals surface area contributed by atoms with Gasteiger partial charge in [-0.3, -0.25) is 9.62 Å². The van der Waals surface area contributed by atoms with Crippen LogP contribution in [0.1, 0.15) is 54.8 Å². The molecule has 2 aromatic carbocycles. The van der Waals surface area contributed by atoms with Crippen molar-refractivity contribution >= 4 is 15.8 Å². The van der Waals surface area contributed by atoms with Crippen molar-refractivity contribution in [1.29, 1.82) is 0 Å².